The van der Waals surface area contributed by atoms with E-state index in [0.29, 0.717) is 0 Å². The summed E-state index contributed by atoms with van der Waals surface area (Å²) in [4.78, 5) is 11.0. The van der Waals surface area contributed by atoms with Gasteiger partial charge in [0.1, 0.15) is 0 Å². The molecule has 0 spiro atoms. The third kappa shape index (κ3) is 2.21. The van der Waals surface area contributed by atoms with Crippen LogP contribution < -0.4 is 0 Å². The minimum Gasteiger partial charge on any atom is -0.479 e. The van der Waals surface area contributed by atoms with Crippen LogP contribution in [0.1, 0.15) is 40.0 Å². The molecule has 0 bridgehead atoms. The van der Waals surface area contributed by atoms with Crippen LogP contribution in [0, 0.1) is 5.92 Å². The van der Waals surface area contributed by atoms with Crippen LogP contribution in [-0.2, 0) is 9.53 Å². The molecule has 0 aliphatic heterocycles. The molecule has 76 valence electrons. The summed E-state index contributed by atoms with van der Waals surface area (Å²) in [6, 6.07) is 0. The number of aliphatic carboxylic acids is 1. The van der Waals surface area contributed by atoms with E-state index in [9.17, 15) is 4.79 Å². The van der Waals surface area contributed by atoms with Crippen LogP contribution in [0.15, 0.2) is 0 Å². The van der Waals surface area contributed by atoms with Crippen molar-refractivity contribution in [3.63, 3.8) is 0 Å². The number of hydrogen-bond donors (Lipinski definition) is 1. The lowest BCUT2D eigenvalue weighted by atomic mass is 10.00. The van der Waals surface area contributed by atoms with E-state index in [1.54, 1.807) is 6.92 Å². The van der Waals surface area contributed by atoms with Crippen molar-refractivity contribution in [3.05, 3.63) is 0 Å². The van der Waals surface area contributed by atoms with Crippen molar-refractivity contribution in [1.29, 1.82) is 0 Å². The van der Waals surface area contributed by atoms with Gasteiger partial charge < -0.3 is 9.84 Å². The number of carbonyl (C=O) groups is 1. The van der Waals surface area contributed by atoms with E-state index in [1.807, 2.05) is 13.8 Å². The second-order valence-corrected chi connectivity index (χ2v) is 4.02. The highest BCUT2D eigenvalue weighted by Crippen LogP contribution is 2.42. The fraction of sp³-hybridized carbons (Fsp3) is 0.900. The van der Waals surface area contributed by atoms with E-state index >= 15 is 0 Å². The third-order valence-corrected chi connectivity index (χ3v) is 2.80. The predicted octanol–water partition coefficient (Wildman–Crippen LogP) is 2.05. The lowest BCUT2D eigenvalue weighted by molar-refractivity contribution is -0.173. The minimum absolute atomic E-state index is 0.0294. The van der Waals surface area contributed by atoms with Crippen LogP contribution in [0.2, 0.25) is 0 Å². The quantitative estimate of drug-likeness (QED) is 0.714. The van der Waals surface area contributed by atoms with Gasteiger partial charge >= 0.3 is 5.97 Å². The molecule has 2 unspecified atom stereocenters. The summed E-state index contributed by atoms with van der Waals surface area (Å²) in [5, 5.41) is 9.06. The Labute approximate surface area is 79.1 Å². The predicted molar refractivity (Wildman–Crippen MR) is 49.6 cm³/mol. The van der Waals surface area contributed by atoms with E-state index < -0.39 is 11.6 Å². The zero-order valence-corrected chi connectivity index (χ0v) is 8.54. The van der Waals surface area contributed by atoms with Gasteiger partial charge in [-0.1, -0.05) is 6.92 Å². The SMILES string of the molecule is CCC(C)OC(C)(C(=O)O)C1CC1. The Morgan fingerprint density at radius 2 is 2.23 bits per heavy atom. The van der Waals surface area contributed by atoms with Crippen molar-refractivity contribution < 1.29 is 14.6 Å². The average Bonchev–Trinajstić information content (AvgIpc) is 2.85. The maximum atomic E-state index is 11.0. The highest BCUT2D eigenvalue weighted by Gasteiger charge is 2.49. The minimum atomic E-state index is -0.949. The molecule has 1 saturated carbocycles. The largest absolute Gasteiger partial charge is 0.479 e. The summed E-state index contributed by atoms with van der Waals surface area (Å²) in [6.07, 6.45) is 2.86. The molecule has 3 heteroatoms. The Kier molecular flexibility index (Phi) is 2.96. The van der Waals surface area contributed by atoms with Gasteiger partial charge in [0.25, 0.3) is 0 Å². The number of hydrogen-bond acceptors (Lipinski definition) is 2. The van der Waals surface area contributed by atoms with Crippen molar-refractivity contribution in [1.82, 2.24) is 0 Å². The van der Waals surface area contributed by atoms with Crippen molar-refractivity contribution in [3.8, 4) is 0 Å². The molecule has 3 nitrogen and oxygen atoms in total. The van der Waals surface area contributed by atoms with E-state index in [0.717, 1.165) is 19.3 Å². The highest BCUT2D eigenvalue weighted by atomic mass is 16.5. The molecule has 13 heavy (non-hydrogen) atoms. The lowest BCUT2D eigenvalue weighted by Gasteiger charge is -2.28. The number of carboxylic acid groups (broad SMARTS) is 1. The summed E-state index contributed by atoms with van der Waals surface area (Å²) in [6.45, 7) is 5.61. The fourth-order valence-electron chi connectivity index (χ4n) is 1.46. The summed E-state index contributed by atoms with van der Waals surface area (Å²) in [5.41, 5.74) is -0.949. The van der Waals surface area contributed by atoms with Gasteiger partial charge in [-0.15, -0.1) is 0 Å². The smallest absolute Gasteiger partial charge is 0.335 e. The fourth-order valence-corrected chi connectivity index (χ4v) is 1.46. The Morgan fingerprint density at radius 1 is 1.69 bits per heavy atom. The average molecular weight is 186 g/mol. The first-order valence-corrected chi connectivity index (χ1v) is 4.92. The second-order valence-electron chi connectivity index (χ2n) is 4.02. The topological polar surface area (TPSA) is 46.5 Å². The van der Waals surface area contributed by atoms with E-state index in [1.165, 1.54) is 0 Å². The molecule has 0 aromatic carbocycles. The summed E-state index contributed by atoms with van der Waals surface area (Å²) in [5.74, 6) is -0.602. The van der Waals surface area contributed by atoms with Gasteiger partial charge in [0.05, 0.1) is 6.10 Å². The van der Waals surface area contributed by atoms with E-state index in [-0.39, 0.29) is 12.0 Å². The van der Waals surface area contributed by atoms with Crippen molar-refractivity contribution in [2.45, 2.75) is 51.7 Å². The highest BCUT2D eigenvalue weighted by molar-refractivity contribution is 5.77. The number of rotatable bonds is 5. The molecule has 0 saturated heterocycles. The summed E-state index contributed by atoms with van der Waals surface area (Å²) >= 11 is 0. The Hall–Kier alpha value is -0.570. The van der Waals surface area contributed by atoms with E-state index in [2.05, 4.69) is 0 Å². The zero-order valence-electron chi connectivity index (χ0n) is 8.54. The molecular weight excluding hydrogens is 168 g/mol. The van der Waals surface area contributed by atoms with Gasteiger partial charge in [-0.05, 0) is 39.0 Å². The molecule has 1 aliphatic carbocycles. The second kappa shape index (κ2) is 3.66. The standard InChI is InChI=1S/C10H18O3/c1-4-7(2)13-10(3,9(11)12)8-5-6-8/h7-8H,4-6H2,1-3H3,(H,11,12). The zero-order chi connectivity index (χ0) is 10.1. The Balaban J connectivity index is 2.61. The van der Waals surface area contributed by atoms with Gasteiger partial charge in [-0.3, -0.25) is 0 Å². The van der Waals surface area contributed by atoms with Crippen LogP contribution in [-0.4, -0.2) is 22.8 Å². The number of carboxylic acids is 1. The maximum absolute atomic E-state index is 11.0. The third-order valence-electron chi connectivity index (χ3n) is 2.80. The van der Waals surface area contributed by atoms with Crippen LogP contribution in [0.5, 0.6) is 0 Å². The molecule has 2 atom stereocenters. The Morgan fingerprint density at radius 3 is 2.54 bits per heavy atom. The van der Waals surface area contributed by atoms with Crippen molar-refractivity contribution in [2.75, 3.05) is 0 Å². The van der Waals surface area contributed by atoms with Crippen LogP contribution in [0.4, 0.5) is 0 Å². The lowest BCUT2D eigenvalue weighted by Crippen LogP contribution is -2.43. The first kappa shape index (κ1) is 10.5. The normalized spacial score (nSPS) is 23.6. The van der Waals surface area contributed by atoms with Crippen LogP contribution >= 0.6 is 0 Å². The molecule has 0 amide bonds. The van der Waals surface area contributed by atoms with E-state index in [4.69, 9.17) is 9.84 Å². The van der Waals surface area contributed by atoms with Gasteiger partial charge in [0.2, 0.25) is 0 Å². The monoisotopic (exact) mass is 186 g/mol. The van der Waals surface area contributed by atoms with Crippen LogP contribution in [0.3, 0.4) is 0 Å². The van der Waals surface area contributed by atoms with Gasteiger partial charge in [-0.25, -0.2) is 4.79 Å². The Bertz CT molecular complexity index is 198. The summed E-state index contributed by atoms with van der Waals surface area (Å²) < 4.78 is 5.57. The van der Waals surface area contributed by atoms with Gasteiger partial charge in [-0.2, -0.15) is 0 Å². The molecular formula is C10H18O3. The first-order chi connectivity index (χ1) is 6.00. The van der Waals surface area contributed by atoms with Crippen molar-refractivity contribution in [2.24, 2.45) is 5.92 Å². The molecule has 0 aromatic heterocycles. The van der Waals surface area contributed by atoms with Crippen LogP contribution in [0.25, 0.3) is 0 Å². The first-order valence-electron chi connectivity index (χ1n) is 4.92. The summed E-state index contributed by atoms with van der Waals surface area (Å²) in [7, 11) is 0. The molecule has 1 rings (SSSR count). The maximum Gasteiger partial charge on any atom is 0.335 e. The molecule has 0 heterocycles. The molecule has 1 aliphatic rings. The van der Waals surface area contributed by atoms with Gasteiger partial charge in [0.15, 0.2) is 5.60 Å². The van der Waals surface area contributed by atoms with Gasteiger partial charge in [0, 0.05) is 0 Å². The number of ether oxygens (including phenoxy) is 1. The molecule has 0 radical (unpaired) electrons. The molecule has 1 N–H and O–H groups in total. The molecule has 0 aromatic rings. The molecule has 1 fully saturated rings. The van der Waals surface area contributed by atoms with Crippen molar-refractivity contribution >= 4 is 5.97 Å².